The van der Waals surface area contributed by atoms with Crippen LogP contribution in [0.5, 0.6) is 0 Å². The minimum atomic E-state index is -1.55. The maximum atomic E-state index is 13.3. The summed E-state index contributed by atoms with van der Waals surface area (Å²) in [5.74, 6) is -4.04. The van der Waals surface area contributed by atoms with Gasteiger partial charge in [0.05, 0.1) is 29.7 Å². The number of rotatable bonds is 27. The lowest BCUT2D eigenvalue weighted by Crippen LogP contribution is -2.47. The van der Waals surface area contributed by atoms with Crippen LogP contribution in [0.4, 0.5) is 9.59 Å². The molecule has 0 saturated heterocycles. The van der Waals surface area contributed by atoms with E-state index in [2.05, 4.69) is 50.1 Å². The van der Waals surface area contributed by atoms with Crippen LogP contribution < -0.4 is 10.6 Å². The Morgan fingerprint density at radius 1 is 0.492 bits per heavy atom. The highest BCUT2D eigenvalue weighted by molar-refractivity contribution is 5.83. The second-order valence-corrected chi connectivity index (χ2v) is 14.1. The van der Waals surface area contributed by atoms with Gasteiger partial charge in [-0.1, -0.05) is 63.2 Å². The zero-order valence-corrected chi connectivity index (χ0v) is 34.0. The van der Waals surface area contributed by atoms with Crippen molar-refractivity contribution in [2.75, 3.05) is 59.5 Å². The molecule has 1 rings (SSSR count). The largest absolute Gasteiger partial charge is 0.462 e. The van der Waals surface area contributed by atoms with E-state index in [4.69, 9.17) is 37.9 Å². The maximum absolute atomic E-state index is 13.3. The molecule has 1 aromatic carbocycles. The van der Waals surface area contributed by atoms with Crippen molar-refractivity contribution < 1.29 is 71.5 Å². The van der Waals surface area contributed by atoms with Gasteiger partial charge in [0.2, 0.25) is 0 Å². The van der Waals surface area contributed by atoms with Gasteiger partial charge >= 0.3 is 42.0 Å². The summed E-state index contributed by atoms with van der Waals surface area (Å²) in [7, 11) is 0. The highest BCUT2D eigenvalue weighted by atomic mass is 16.6. The summed E-state index contributed by atoms with van der Waals surface area (Å²) in [5.41, 5.74) is -3.90. The van der Waals surface area contributed by atoms with Crippen LogP contribution in [0, 0.1) is 10.8 Å². The number of carbonyl (C=O) groups is 7. The molecule has 0 radical (unpaired) electrons. The van der Waals surface area contributed by atoms with Gasteiger partial charge in [0.1, 0.15) is 51.7 Å². The van der Waals surface area contributed by atoms with Gasteiger partial charge in [-0.2, -0.15) is 0 Å². The molecule has 0 aliphatic carbocycles. The Bertz CT molecular complexity index is 1650. The first-order valence-electron chi connectivity index (χ1n) is 17.9. The summed E-state index contributed by atoms with van der Waals surface area (Å²) in [5, 5.41) is 5.54. The van der Waals surface area contributed by atoms with Gasteiger partial charge in [-0.15, -0.1) is 6.58 Å². The second-order valence-electron chi connectivity index (χ2n) is 14.1. The number of hydrogen-bond donors (Lipinski definition) is 2. The monoisotopic (exact) mass is 826 g/mol. The molecule has 0 bridgehead atoms. The van der Waals surface area contributed by atoms with Crippen molar-refractivity contribution in [3.05, 3.63) is 111 Å². The molecule has 322 valence electrons. The highest BCUT2D eigenvalue weighted by Crippen LogP contribution is 2.28. The van der Waals surface area contributed by atoms with Crippen molar-refractivity contribution >= 4 is 42.0 Å². The third-order valence-electron chi connectivity index (χ3n) is 8.23. The Labute approximate surface area is 344 Å². The van der Waals surface area contributed by atoms with Crippen LogP contribution in [-0.4, -0.2) is 101 Å². The molecule has 0 saturated carbocycles. The van der Waals surface area contributed by atoms with Crippen molar-refractivity contribution in [3.63, 3.8) is 0 Å². The fourth-order valence-electron chi connectivity index (χ4n) is 4.74. The molecule has 2 amide bonds. The molecule has 1 aromatic rings. The van der Waals surface area contributed by atoms with Crippen LogP contribution in [0.2, 0.25) is 0 Å². The van der Waals surface area contributed by atoms with Crippen LogP contribution in [0.25, 0.3) is 0 Å². The van der Waals surface area contributed by atoms with E-state index in [1.807, 2.05) is 0 Å². The first-order valence-corrected chi connectivity index (χ1v) is 17.9. The third-order valence-corrected chi connectivity index (χ3v) is 8.23. The van der Waals surface area contributed by atoms with Crippen molar-refractivity contribution in [1.29, 1.82) is 0 Å². The number of benzene rings is 1. The normalized spacial score (nSPS) is 11.3. The molecule has 0 spiro atoms. The lowest BCUT2D eigenvalue weighted by molar-refractivity contribution is -0.159. The number of carbonyl (C=O) groups excluding carboxylic acids is 7. The van der Waals surface area contributed by atoms with Gasteiger partial charge in [-0.05, 0) is 38.8 Å². The van der Waals surface area contributed by atoms with E-state index >= 15 is 0 Å². The highest BCUT2D eigenvalue weighted by Gasteiger charge is 2.39. The molecule has 59 heavy (non-hydrogen) atoms. The summed E-state index contributed by atoms with van der Waals surface area (Å²) in [6.07, 6.45) is 4.25. The van der Waals surface area contributed by atoms with Crippen LogP contribution in [0.1, 0.15) is 38.8 Å². The van der Waals surface area contributed by atoms with E-state index in [-0.39, 0.29) is 26.4 Å². The minimum absolute atomic E-state index is 0.0967. The smallest absolute Gasteiger partial charge is 0.407 e. The first-order chi connectivity index (χ1) is 27.7. The van der Waals surface area contributed by atoms with Crippen molar-refractivity contribution in [3.8, 4) is 0 Å². The number of alkyl carbamates (subject to hydrolysis) is 2. The predicted octanol–water partition coefficient (Wildman–Crippen LogP) is 4.43. The van der Waals surface area contributed by atoms with E-state index in [1.54, 1.807) is 52.0 Å². The van der Waals surface area contributed by atoms with Gasteiger partial charge in [0, 0.05) is 30.4 Å². The zero-order valence-electron chi connectivity index (χ0n) is 34.0. The number of esters is 5. The van der Waals surface area contributed by atoms with Gasteiger partial charge in [0.25, 0.3) is 0 Å². The Kier molecular flexibility index (Phi) is 20.8. The Hall–Kier alpha value is -6.49. The Balaban J connectivity index is 3.25. The number of nitrogens with one attached hydrogen (secondary N) is 2. The molecule has 0 heterocycles. The van der Waals surface area contributed by atoms with Gasteiger partial charge in [-0.3, -0.25) is 0 Å². The van der Waals surface area contributed by atoms with Crippen molar-refractivity contribution in [2.24, 2.45) is 10.8 Å². The fraction of sp³-hybridized carbons (Fsp3) is 0.405. The number of ether oxygens (including phenoxy) is 8. The van der Waals surface area contributed by atoms with E-state index in [0.717, 1.165) is 30.4 Å². The van der Waals surface area contributed by atoms with Crippen LogP contribution in [0.15, 0.2) is 100 Å². The summed E-state index contributed by atoms with van der Waals surface area (Å²) >= 11 is 0. The summed E-state index contributed by atoms with van der Waals surface area (Å²) in [6, 6.07) is 6.91. The SMILES string of the molecule is C=CCOCC(COC(=O)C=C)(COC(=O)C=C)COC(=O)NC(C)(C)c1cccc(C(C)(C)NC(=O)OCC(COC(=O)C=C)(COC(=O)C=C)COC(=O)C=C)c1. The molecule has 17 nitrogen and oxygen atoms in total. The van der Waals surface area contributed by atoms with E-state index < -0.39 is 97.0 Å². The van der Waals surface area contributed by atoms with Gasteiger partial charge < -0.3 is 48.5 Å². The molecular formula is C42H54N2O15. The lowest BCUT2D eigenvalue weighted by Gasteiger charge is -2.33. The molecule has 0 atom stereocenters. The topological polar surface area (TPSA) is 217 Å². The zero-order chi connectivity index (χ0) is 44.7. The van der Waals surface area contributed by atoms with Crippen molar-refractivity contribution in [1.82, 2.24) is 10.6 Å². The maximum Gasteiger partial charge on any atom is 0.407 e. The average molecular weight is 827 g/mol. The van der Waals surface area contributed by atoms with E-state index in [0.29, 0.717) is 11.1 Å². The summed E-state index contributed by atoms with van der Waals surface area (Å²) in [4.78, 5) is 86.2. The van der Waals surface area contributed by atoms with Gasteiger partial charge in [-0.25, -0.2) is 33.6 Å². The minimum Gasteiger partial charge on any atom is -0.462 e. The molecule has 2 N–H and O–H groups in total. The van der Waals surface area contributed by atoms with Gasteiger partial charge in [0.15, 0.2) is 0 Å². The molecule has 17 heteroatoms. The molecule has 0 unspecified atom stereocenters. The third kappa shape index (κ3) is 18.1. The molecule has 0 aromatic heterocycles. The average Bonchev–Trinajstić information content (AvgIpc) is 3.22. The number of hydrogen-bond acceptors (Lipinski definition) is 15. The lowest BCUT2D eigenvalue weighted by atomic mass is 9.87. The fourth-order valence-corrected chi connectivity index (χ4v) is 4.74. The summed E-state index contributed by atoms with van der Waals surface area (Å²) < 4.78 is 42.7. The second kappa shape index (κ2) is 24.3. The van der Waals surface area contributed by atoms with Crippen LogP contribution in [-0.2, 0) is 72.9 Å². The predicted molar refractivity (Wildman–Crippen MR) is 213 cm³/mol. The molecular weight excluding hydrogens is 772 g/mol. The Morgan fingerprint density at radius 3 is 1.07 bits per heavy atom. The molecule has 0 fully saturated rings. The van der Waals surface area contributed by atoms with Crippen molar-refractivity contribution in [2.45, 2.75) is 38.8 Å². The van der Waals surface area contributed by atoms with Crippen LogP contribution in [0.3, 0.4) is 0 Å². The standard InChI is InChI=1S/C42H54N2O15/c1-11-20-52-22-41(23-53-32(45)12-2,24-54-33(46)13-3)28-58-37(50)43-39(7,8)30-18-17-19-31(21-30)40(9,10)44-38(51)59-29-42(25-55-34(47)14-4,26-56-35(48)15-5)27-57-36(49)16-6/h11-19,21H,1-6,20,22-29H2,7-10H3,(H,43,50)(H,44,51). The quantitative estimate of drug-likeness (QED) is 0.0412. The van der Waals surface area contributed by atoms with E-state index in [9.17, 15) is 33.6 Å². The first kappa shape index (κ1) is 50.5. The summed E-state index contributed by atoms with van der Waals surface area (Å²) in [6.45, 7) is 23.9. The number of amides is 2. The molecule has 0 aliphatic rings. The van der Waals surface area contributed by atoms with E-state index in [1.165, 1.54) is 6.08 Å². The van der Waals surface area contributed by atoms with Crippen LogP contribution >= 0.6 is 0 Å². The Morgan fingerprint density at radius 2 is 0.780 bits per heavy atom. The molecule has 0 aliphatic heterocycles.